The number of carbonyl (C=O) groups is 1. The molecule has 1 aliphatic heterocycles. The summed E-state index contributed by atoms with van der Waals surface area (Å²) in [5.74, 6) is 0.0204. The Hall–Kier alpha value is -2.87. The molecule has 1 N–H and O–H groups in total. The van der Waals surface area contributed by atoms with Crippen LogP contribution in [0, 0.1) is 0 Å². The van der Waals surface area contributed by atoms with Crippen molar-refractivity contribution in [2.24, 2.45) is 0 Å². The molecule has 0 saturated heterocycles. The normalized spacial score (nSPS) is 14.8. The molecular formula is C23H29N3O4S. The smallest absolute Gasteiger partial charge is 0.277 e. The van der Waals surface area contributed by atoms with Crippen LogP contribution in [0.1, 0.15) is 51.0 Å². The fraction of sp³-hybridized carbons (Fsp3) is 0.391. The van der Waals surface area contributed by atoms with E-state index >= 15 is 0 Å². The van der Waals surface area contributed by atoms with E-state index in [2.05, 4.69) is 17.2 Å². The van der Waals surface area contributed by atoms with E-state index in [-0.39, 0.29) is 16.4 Å². The van der Waals surface area contributed by atoms with Gasteiger partial charge in [-0.2, -0.15) is 0 Å². The molecule has 0 saturated carbocycles. The van der Waals surface area contributed by atoms with Gasteiger partial charge in [-0.1, -0.05) is 57.2 Å². The minimum absolute atomic E-state index is 0.0460. The highest BCUT2D eigenvalue weighted by Gasteiger charge is 2.38. The van der Waals surface area contributed by atoms with Gasteiger partial charge in [-0.15, -0.1) is 0 Å². The highest BCUT2D eigenvalue weighted by Crippen LogP contribution is 2.37. The minimum Gasteiger partial charge on any atom is -0.490 e. The summed E-state index contributed by atoms with van der Waals surface area (Å²) in [6, 6.07) is 11.7. The van der Waals surface area contributed by atoms with Gasteiger partial charge in [0.2, 0.25) is 0 Å². The molecule has 0 aliphatic carbocycles. The van der Waals surface area contributed by atoms with Crippen molar-refractivity contribution in [1.82, 2.24) is 9.29 Å². The van der Waals surface area contributed by atoms with E-state index in [4.69, 9.17) is 4.74 Å². The molecule has 7 nitrogen and oxygen atoms in total. The average molecular weight is 444 g/mol. The molecule has 8 heteroatoms. The lowest BCUT2D eigenvalue weighted by Crippen LogP contribution is -2.37. The van der Waals surface area contributed by atoms with Crippen LogP contribution >= 0.6 is 0 Å². The fourth-order valence-corrected chi connectivity index (χ4v) is 4.87. The number of amides is 1. The fourth-order valence-electron chi connectivity index (χ4n) is 3.48. The van der Waals surface area contributed by atoms with Gasteiger partial charge in [-0.3, -0.25) is 9.10 Å². The van der Waals surface area contributed by atoms with Crippen molar-refractivity contribution in [2.45, 2.75) is 50.3 Å². The molecule has 1 aromatic carbocycles. The van der Waals surface area contributed by atoms with E-state index in [1.54, 1.807) is 42.6 Å². The van der Waals surface area contributed by atoms with Crippen molar-refractivity contribution >= 4 is 27.5 Å². The highest BCUT2D eigenvalue weighted by atomic mass is 32.2. The first kappa shape index (κ1) is 22.8. The van der Waals surface area contributed by atoms with E-state index in [0.29, 0.717) is 18.0 Å². The number of benzene rings is 1. The zero-order chi connectivity index (χ0) is 22.3. The average Bonchev–Trinajstić information content (AvgIpc) is 2.77. The van der Waals surface area contributed by atoms with Gasteiger partial charge in [0.05, 0.1) is 11.5 Å². The maximum Gasteiger partial charge on any atom is 0.277 e. The molecule has 0 radical (unpaired) electrons. The van der Waals surface area contributed by atoms with Gasteiger partial charge in [0.25, 0.3) is 15.9 Å². The Morgan fingerprint density at radius 1 is 1.03 bits per heavy atom. The predicted molar refractivity (Wildman–Crippen MR) is 121 cm³/mol. The van der Waals surface area contributed by atoms with E-state index in [1.165, 1.54) is 32.4 Å². The van der Waals surface area contributed by atoms with Gasteiger partial charge < -0.3 is 10.1 Å². The largest absolute Gasteiger partial charge is 0.490 e. The summed E-state index contributed by atoms with van der Waals surface area (Å²) in [5, 5.41) is 2.67. The van der Waals surface area contributed by atoms with Crippen LogP contribution in [0.3, 0.4) is 0 Å². The number of hydrogen-bond acceptors (Lipinski definition) is 5. The van der Waals surface area contributed by atoms with Gasteiger partial charge >= 0.3 is 0 Å². The first-order valence-corrected chi connectivity index (χ1v) is 12.1. The summed E-state index contributed by atoms with van der Waals surface area (Å²) < 4.78 is 33.1. The molecule has 2 heterocycles. The third-order valence-electron chi connectivity index (χ3n) is 5.17. The van der Waals surface area contributed by atoms with E-state index in [1.807, 2.05) is 0 Å². The second-order valence-corrected chi connectivity index (χ2v) is 9.37. The maximum atomic E-state index is 13.1. The molecule has 31 heavy (non-hydrogen) atoms. The van der Waals surface area contributed by atoms with E-state index < -0.39 is 15.9 Å². The summed E-state index contributed by atoms with van der Waals surface area (Å²) in [6.45, 7) is 2.59. The first-order valence-electron chi connectivity index (χ1n) is 10.6. The SMILES string of the molecule is CCCCCCCCOC1=C(C(=O)Nc2ccccn2)N(C)S(=O)(=O)c2ccccc21. The standard InChI is InChI=1S/C23H29N3O4S/c1-3-4-5-6-7-12-17-30-22-18-13-8-9-14-19(18)31(28,29)26(2)21(22)23(27)25-20-15-10-11-16-24-20/h8-11,13-16H,3-7,12,17H2,1-2H3,(H,24,25,27). The summed E-state index contributed by atoms with van der Waals surface area (Å²) in [6.07, 6.45) is 8.15. The number of likely N-dealkylation sites (N-methyl/N-ethyl adjacent to an activating group) is 1. The van der Waals surface area contributed by atoms with Crippen molar-refractivity contribution in [3.63, 3.8) is 0 Å². The zero-order valence-corrected chi connectivity index (χ0v) is 18.8. The number of sulfonamides is 1. The van der Waals surface area contributed by atoms with Gasteiger partial charge in [-0.25, -0.2) is 13.4 Å². The monoisotopic (exact) mass is 443 g/mol. The number of unbranched alkanes of at least 4 members (excludes halogenated alkanes) is 5. The lowest BCUT2D eigenvalue weighted by molar-refractivity contribution is -0.113. The van der Waals surface area contributed by atoms with Crippen molar-refractivity contribution in [3.8, 4) is 0 Å². The Balaban J connectivity index is 1.88. The number of ether oxygens (including phenoxy) is 1. The second kappa shape index (κ2) is 10.4. The number of nitrogens with zero attached hydrogens (tertiary/aromatic N) is 2. The Labute approximate surface area is 184 Å². The number of aromatic nitrogens is 1. The van der Waals surface area contributed by atoms with E-state index in [9.17, 15) is 13.2 Å². The topological polar surface area (TPSA) is 88.6 Å². The predicted octanol–water partition coefficient (Wildman–Crippen LogP) is 4.40. The molecule has 0 spiro atoms. The second-order valence-electron chi connectivity index (χ2n) is 7.43. The number of hydrogen-bond donors (Lipinski definition) is 1. The van der Waals surface area contributed by atoms with Crippen molar-refractivity contribution in [3.05, 3.63) is 59.9 Å². The summed E-state index contributed by atoms with van der Waals surface area (Å²) in [5.41, 5.74) is 0.355. The van der Waals surface area contributed by atoms with Crippen molar-refractivity contribution in [1.29, 1.82) is 0 Å². The first-order chi connectivity index (χ1) is 15.0. The van der Waals surface area contributed by atoms with E-state index in [0.717, 1.165) is 23.6 Å². The molecule has 0 unspecified atom stereocenters. The Morgan fingerprint density at radius 3 is 2.48 bits per heavy atom. The number of anilines is 1. The molecule has 166 valence electrons. The van der Waals surface area contributed by atoms with Crippen LogP contribution in [-0.2, 0) is 19.6 Å². The summed E-state index contributed by atoms with van der Waals surface area (Å²) in [7, 11) is -2.50. The van der Waals surface area contributed by atoms with Crippen LogP contribution < -0.4 is 5.32 Å². The molecule has 1 aromatic heterocycles. The quantitative estimate of drug-likeness (QED) is 0.550. The molecule has 3 rings (SSSR count). The van der Waals surface area contributed by atoms with Gasteiger partial charge in [0.1, 0.15) is 5.82 Å². The third-order valence-corrected chi connectivity index (χ3v) is 6.98. The van der Waals surface area contributed by atoms with Crippen LogP contribution in [0.4, 0.5) is 5.82 Å². The van der Waals surface area contributed by atoms with Crippen LogP contribution in [0.2, 0.25) is 0 Å². The Kier molecular flexibility index (Phi) is 7.68. The van der Waals surface area contributed by atoms with Crippen molar-refractivity contribution in [2.75, 3.05) is 19.0 Å². The molecule has 1 amide bonds. The molecule has 0 bridgehead atoms. The molecular weight excluding hydrogens is 414 g/mol. The highest BCUT2D eigenvalue weighted by molar-refractivity contribution is 7.89. The minimum atomic E-state index is -3.87. The third kappa shape index (κ3) is 5.25. The number of carbonyl (C=O) groups excluding carboxylic acids is 1. The van der Waals surface area contributed by atoms with Crippen LogP contribution in [0.5, 0.6) is 0 Å². The molecule has 0 fully saturated rings. The molecule has 1 aliphatic rings. The summed E-state index contributed by atoms with van der Waals surface area (Å²) in [4.78, 5) is 17.3. The van der Waals surface area contributed by atoms with Crippen LogP contribution in [0.25, 0.3) is 5.76 Å². The lowest BCUT2D eigenvalue weighted by Gasteiger charge is -2.30. The maximum absolute atomic E-state index is 13.1. The lowest BCUT2D eigenvalue weighted by atomic mass is 10.1. The Morgan fingerprint density at radius 2 is 1.74 bits per heavy atom. The Bertz CT molecular complexity index is 1040. The molecule has 0 atom stereocenters. The number of nitrogens with one attached hydrogen (secondary N) is 1. The van der Waals surface area contributed by atoms with Crippen molar-refractivity contribution < 1.29 is 17.9 Å². The van der Waals surface area contributed by atoms with Gasteiger partial charge in [0.15, 0.2) is 11.5 Å². The van der Waals surface area contributed by atoms with Crippen LogP contribution in [-0.4, -0.2) is 37.3 Å². The number of fused-ring (bicyclic) bond motifs is 1. The zero-order valence-electron chi connectivity index (χ0n) is 18.0. The van der Waals surface area contributed by atoms with Gasteiger partial charge in [0, 0.05) is 18.8 Å². The number of pyridine rings is 1. The van der Waals surface area contributed by atoms with Crippen LogP contribution in [0.15, 0.2) is 59.3 Å². The molecule has 2 aromatic rings. The summed E-state index contributed by atoms with van der Waals surface area (Å²) >= 11 is 0. The van der Waals surface area contributed by atoms with Gasteiger partial charge in [-0.05, 0) is 30.7 Å². The number of rotatable bonds is 10.